The molecule has 1 saturated heterocycles. The van der Waals surface area contributed by atoms with Crippen LogP contribution >= 0.6 is 0 Å². The predicted octanol–water partition coefficient (Wildman–Crippen LogP) is 1.31. The van der Waals surface area contributed by atoms with E-state index in [9.17, 15) is 4.79 Å². The Morgan fingerprint density at radius 2 is 2.24 bits per heavy atom. The summed E-state index contributed by atoms with van der Waals surface area (Å²) in [4.78, 5) is 11.8. The lowest BCUT2D eigenvalue weighted by atomic mass is 10.1. The van der Waals surface area contributed by atoms with Crippen molar-refractivity contribution in [2.75, 3.05) is 20.2 Å². The van der Waals surface area contributed by atoms with Gasteiger partial charge in [0.2, 0.25) is 5.91 Å². The third-order valence-electron chi connectivity index (χ3n) is 3.25. The number of hydrogen-bond donors (Lipinski definition) is 2. The molecule has 4 heteroatoms. The second-order valence-electron chi connectivity index (χ2n) is 5.23. The second kappa shape index (κ2) is 7.67. The maximum Gasteiger partial charge on any atom is 0.237 e. The van der Waals surface area contributed by atoms with E-state index in [4.69, 9.17) is 4.74 Å². The summed E-state index contributed by atoms with van der Waals surface area (Å²) in [7, 11) is 1.69. The number of ether oxygens (including phenoxy) is 1. The van der Waals surface area contributed by atoms with Gasteiger partial charge in [0.05, 0.1) is 12.1 Å². The van der Waals surface area contributed by atoms with E-state index in [0.717, 1.165) is 31.8 Å². The maximum atomic E-state index is 11.8. The first-order chi connectivity index (χ1) is 8.13. The summed E-state index contributed by atoms with van der Waals surface area (Å²) < 4.78 is 5.22. The Labute approximate surface area is 104 Å². The van der Waals surface area contributed by atoms with E-state index >= 15 is 0 Å². The van der Waals surface area contributed by atoms with Gasteiger partial charge in [-0.1, -0.05) is 26.7 Å². The Kier molecular flexibility index (Phi) is 6.52. The molecule has 0 aromatic rings. The third-order valence-corrected chi connectivity index (χ3v) is 3.25. The number of carbonyl (C=O) groups excluding carboxylic acids is 1. The molecule has 1 fully saturated rings. The van der Waals surface area contributed by atoms with E-state index in [2.05, 4.69) is 24.5 Å². The fourth-order valence-electron chi connectivity index (χ4n) is 2.09. The van der Waals surface area contributed by atoms with Gasteiger partial charge >= 0.3 is 0 Å². The molecular weight excluding hydrogens is 216 g/mol. The van der Waals surface area contributed by atoms with Gasteiger partial charge in [0, 0.05) is 20.2 Å². The van der Waals surface area contributed by atoms with Gasteiger partial charge in [-0.25, -0.2) is 0 Å². The van der Waals surface area contributed by atoms with Crippen molar-refractivity contribution in [3.63, 3.8) is 0 Å². The Balaban J connectivity index is 2.05. The van der Waals surface area contributed by atoms with Gasteiger partial charge < -0.3 is 15.4 Å². The van der Waals surface area contributed by atoms with Gasteiger partial charge in [-0.05, 0) is 18.8 Å². The van der Waals surface area contributed by atoms with Crippen molar-refractivity contribution in [1.29, 1.82) is 0 Å². The Morgan fingerprint density at radius 3 is 2.82 bits per heavy atom. The standard InChI is InChI=1S/C13H26N2O2/c1-10(2)6-4-5-7-14-13(16)12-8-11(17-3)9-15-12/h10-12,15H,4-9H2,1-3H3,(H,14,16). The zero-order valence-corrected chi connectivity index (χ0v) is 11.3. The van der Waals surface area contributed by atoms with Crippen molar-refractivity contribution in [2.24, 2.45) is 5.92 Å². The SMILES string of the molecule is COC1CNC(C(=O)NCCCCC(C)C)C1. The molecule has 0 aliphatic carbocycles. The van der Waals surface area contributed by atoms with Gasteiger partial charge in [-0.3, -0.25) is 4.79 Å². The van der Waals surface area contributed by atoms with Crippen LogP contribution in [0.25, 0.3) is 0 Å². The minimum Gasteiger partial charge on any atom is -0.380 e. The summed E-state index contributed by atoms with van der Waals surface area (Å²) >= 11 is 0. The molecule has 17 heavy (non-hydrogen) atoms. The number of unbranched alkanes of at least 4 members (excludes halogenated alkanes) is 1. The highest BCUT2D eigenvalue weighted by Crippen LogP contribution is 2.09. The molecule has 1 aliphatic rings. The molecule has 1 aliphatic heterocycles. The van der Waals surface area contributed by atoms with Crippen LogP contribution < -0.4 is 10.6 Å². The van der Waals surface area contributed by atoms with E-state index in [-0.39, 0.29) is 18.1 Å². The van der Waals surface area contributed by atoms with Crippen molar-refractivity contribution < 1.29 is 9.53 Å². The molecule has 0 saturated carbocycles. The lowest BCUT2D eigenvalue weighted by Gasteiger charge is -2.11. The molecule has 2 N–H and O–H groups in total. The number of methoxy groups -OCH3 is 1. The summed E-state index contributed by atoms with van der Waals surface area (Å²) in [6.45, 7) is 6.03. The number of hydrogen-bond acceptors (Lipinski definition) is 3. The van der Waals surface area contributed by atoms with E-state index in [1.54, 1.807) is 7.11 Å². The van der Waals surface area contributed by atoms with Gasteiger partial charge in [0.1, 0.15) is 0 Å². The van der Waals surface area contributed by atoms with Crippen molar-refractivity contribution in [2.45, 2.75) is 51.7 Å². The first-order valence-corrected chi connectivity index (χ1v) is 6.67. The first kappa shape index (κ1) is 14.5. The molecule has 100 valence electrons. The fraction of sp³-hybridized carbons (Fsp3) is 0.923. The van der Waals surface area contributed by atoms with Gasteiger partial charge in [0.15, 0.2) is 0 Å². The average Bonchev–Trinajstić information content (AvgIpc) is 2.76. The van der Waals surface area contributed by atoms with Crippen LogP contribution in [0.15, 0.2) is 0 Å². The molecule has 0 spiro atoms. The van der Waals surface area contributed by atoms with Gasteiger partial charge in [-0.15, -0.1) is 0 Å². The average molecular weight is 242 g/mol. The minimum absolute atomic E-state index is 0.0648. The molecule has 0 radical (unpaired) electrons. The summed E-state index contributed by atoms with van der Waals surface area (Å²) in [6, 6.07) is -0.0648. The van der Waals surface area contributed by atoms with Crippen molar-refractivity contribution in [3.8, 4) is 0 Å². The van der Waals surface area contributed by atoms with Crippen LogP contribution in [0.5, 0.6) is 0 Å². The molecule has 0 bridgehead atoms. The molecular formula is C13H26N2O2. The quantitative estimate of drug-likeness (QED) is 0.662. The summed E-state index contributed by atoms with van der Waals surface area (Å²) in [5.74, 6) is 0.874. The molecule has 4 nitrogen and oxygen atoms in total. The van der Waals surface area contributed by atoms with Crippen LogP contribution in [0.2, 0.25) is 0 Å². The van der Waals surface area contributed by atoms with Crippen LogP contribution in [0.4, 0.5) is 0 Å². The Bertz CT molecular complexity index is 231. The number of carbonyl (C=O) groups is 1. The maximum absolute atomic E-state index is 11.8. The van der Waals surface area contributed by atoms with Crippen molar-refractivity contribution >= 4 is 5.91 Å². The van der Waals surface area contributed by atoms with E-state index < -0.39 is 0 Å². The first-order valence-electron chi connectivity index (χ1n) is 6.67. The summed E-state index contributed by atoms with van der Waals surface area (Å²) in [5.41, 5.74) is 0. The molecule has 1 heterocycles. The van der Waals surface area contributed by atoms with E-state index in [1.807, 2.05) is 0 Å². The second-order valence-corrected chi connectivity index (χ2v) is 5.23. The van der Waals surface area contributed by atoms with Crippen LogP contribution in [0.3, 0.4) is 0 Å². The highest BCUT2D eigenvalue weighted by Gasteiger charge is 2.28. The highest BCUT2D eigenvalue weighted by molar-refractivity contribution is 5.82. The summed E-state index contributed by atoms with van der Waals surface area (Å²) in [5, 5.41) is 6.17. The molecule has 2 atom stereocenters. The fourth-order valence-corrected chi connectivity index (χ4v) is 2.09. The largest absolute Gasteiger partial charge is 0.380 e. The number of rotatable bonds is 7. The molecule has 1 rings (SSSR count). The molecule has 2 unspecified atom stereocenters. The van der Waals surface area contributed by atoms with Crippen LogP contribution in [0, 0.1) is 5.92 Å². The van der Waals surface area contributed by atoms with E-state index in [0.29, 0.717) is 0 Å². The number of amides is 1. The van der Waals surface area contributed by atoms with Crippen molar-refractivity contribution in [1.82, 2.24) is 10.6 Å². The topological polar surface area (TPSA) is 50.4 Å². The van der Waals surface area contributed by atoms with Crippen LogP contribution in [-0.4, -0.2) is 38.3 Å². The molecule has 0 aromatic heterocycles. The predicted molar refractivity (Wildman–Crippen MR) is 68.9 cm³/mol. The Hall–Kier alpha value is -0.610. The lowest BCUT2D eigenvalue weighted by Crippen LogP contribution is -2.40. The van der Waals surface area contributed by atoms with Crippen molar-refractivity contribution in [3.05, 3.63) is 0 Å². The Morgan fingerprint density at radius 1 is 1.47 bits per heavy atom. The zero-order chi connectivity index (χ0) is 12.7. The van der Waals surface area contributed by atoms with Crippen LogP contribution in [-0.2, 0) is 9.53 Å². The van der Waals surface area contributed by atoms with Crippen LogP contribution in [0.1, 0.15) is 39.5 Å². The monoisotopic (exact) mass is 242 g/mol. The lowest BCUT2D eigenvalue weighted by molar-refractivity contribution is -0.122. The highest BCUT2D eigenvalue weighted by atomic mass is 16.5. The zero-order valence-electron chi connectivity index (χ0n) is 11.3. The normalized spacial score (nSPS) is 24.2. The van der Waals surface area contributed by atoms with Gasteiger partial charge in [0.25, 0.3) is 0 Å². The molecule has 0 aromatic carbocycles. The third kappa shape index (κ3) is 5.50. The smallest absolute Gasteiger partial charge is 0.237 e. The van der Waals surface area contributed by atoms with Gasteiger partial charge in [-0.2, -0.15) is 0 Å². The van der Waals surface area contributed by atoms with E-state index in [1.165, 1.54) is 12.8 Å². The molecule has 1 amide bonds. The summed E-state index contributed by atoms with van der Waals surface area (Å²) in [6.07, 6.45) is 4.48. The minimum atomic E-state index is -0.0648. The number of nitrogens with one attached hydrogen (secondary N) is 2.